The molecule has 0 saturated heterocycles. The van der Waals surface area contributed by atoms with Gasteiger partial charge >= 0.3 is 5.97 Å². The van der Waals surface area contributed by atoms with Crippen molar-refractivity contribution < 1.29 is 24.2 Å². The zero-order valence-electron chi connectivity index (χ0n) is 16.5. The number of fused-ring (bicyclic) bond motifs is 1. The summed E-state index contributed by atoms with van der Waals surface area (Å²) in [5.41, 5.74) is 5.24. The number of hydrogen-bond donors (Lipinski definition) is 2. The SMILES string of the molecule is COc1cc(/C(C)=N\NC(=O)c2cc3c(s2)CCCCC3)ccc1OCC(=O)O. The normalized spacial score (nSPS) is 13.9. The van der Waals surface area contributed by atoms with E-state index >= 15 is 0 Å². The third kappa shape index (κ3) is 5.35. The average Bonchev–Trinajstić information content (AvgIpc) is 3.00. The molecule has 2 aromatic rings. The van der Waals surface area contributed by atoms with Gasteiger partial charge < -0.3 is 14.6 Å². The van der Waals surface area contributed by atoms with Crippen LogP contribution in [0.4, 0.5) is 0 Å². The molecular weight excluding hydrogens is 392 g/mol. The molecule has 1 aromatic carbocycles. The number of ether oxygens (including phenoxy) is 2. The predicted octanol–water partition coefficient (Wildman–Crippen LogP) is 3.64. The molecule has 1 amide bonds. The molecule has 0 unspecified atom stereocenters. The Morgan fingerprint density at radius 2 is 1.97 bits per heavy atom. The fraction of sp³-hybridized carbons (Fsp3) is 0.381. The van der Waals surface area contributed by atoms with E-state index < -0.39 is 12.6 Å². The lowest BCUT2D eigenvalue weighted by Crippen LogP contribution is -2.18. The van der Waals surface area contributed by atoms with Crippen LogP contribution in [-0.4, -0.2) is 36.4 Å². The zero-order chi connectivity index (χ0) is 20.8. The minimum absolute atomic E-state index is 0.212. The average molecular weight is 416 g/mol. The number of carbonyl (C=O) groups excluding carboxylic acids is 1. The van der Waals surface area contributed by atoms with Gasteiger partial charge in [0.1, 0.15) is 0 Å². The van der Waals surface area contributed by atoms with E-state index in [1.54, 1.807) is 36.5 Å². The monoisotopic (exact) mass is 416 g/mol. The van der Waals surface area contributed by atoms with Gasteiger partial charge in [0.25, 0.3) is 5.91 Å². The van der Waals surface area contributed by atoms with Crippen LogP contribution in [0, 0.1) is 0 Å². The van der Waals surface area contributed by atoms with Crippen LogP contribution in [-0.2, 0) is 17.6 Å². The van der Waals surface area contributed by atoms with E-state index in [-0.39, 0.29) is 5.91 Å². The van der Waals surface area contributed by atoms with Crippen molar-refractivity contribution in [3.8, 4) is 11.5 Å². The molecular formula is C21H24N2O5S. The molecule has 0 radical (unpaired) electrons. The molecule has 1 aromatic heterocycles. The van der Waals surface area contributed by atoms with Gasteiger partial charge in [0.05, 0.1) is 17.7 Å². The predicted molar refractivity (Wildman–Crippen MR) is 111 cm³/mol. The third-order valence-electron chi connectivity index (χ3n) is 4.73. The number of benzene rings is 1. The topological polar surface area (TPSA) is 97.2 Å². The zero-order valence-corrected chi connectivity index (χ0v) is 17.3. The van der Waals surface area contributed by atoms with Gasteiger partial charge in [0.15, 0.2) is 18.1 Å². The Balaban J connectivity index is 1.69. The van der Waals surface area contributed by atoms with Gasteiger partial charge in [-0.1, -0.05) is 6.42 Å². The number of carboxylic acids is 1. The molecule has 2 N–H and O–H groups in total. The minimum Gasteiger partial charge on any atom is -0.493 e. The van der Waals surface area contributed by atoms with Crippen molar-refractivity contribution in [1.29, 1.82) is 0 Å². The molecule has 0 bridgehead atoms. The number of methoxy groups -OCH3 is 1. The summed E-state index contributed by atoms with van der Waals surface area (Å²) < 4.78 is 10.5. The Labute approximate surface area is 173 Å². The Bertz CT molecular complexity index is 912. The standard InChI is InChI=1S/C21H24N2O5S/c1-13(14-8-9-16(17(10-14)27-2)28-12-20(24)25)22-23-21(26)19-11-15-6-4-3-5-7-18(15)29-19/h8-11H,3-7,12H2,1-2H3,(H,23,26)(H,24,25)/b22-13-. The van der Waals surface area contributed by atoms with Crippen LogP contribution in [0.2, 0.25) is 0 Å². The van der Waals surface area contributed by atoms with Gasteiger partial charge in [-0.2, -0.15) is 5.10 Å². The number of carboxylic acid groups (broad SMARTS) is 1. The van der Waals surface area contributed by atoms with Crippen molar-refractivity contribution in [2.24, 2.45) is 5.10 Å². The first-order valence-corrected chi connectivity index (χ1v) is 10.3. The maximum atomic E-state index is 12.5. The first kappa shape index (κ1) is 20.9. The summed E-state index contributed by atoms with van der Waals surface area (Å²) >= 11 is 1.55. The van der Waals surface area contributed by atoms with E-state index in [2.05, 4.69) is 10.5 Å². The molecule has 0 aliphatic heterocycles. The number of amides is 1. The molecule has 0 atom stereocenters. The number of aliphatic carboxylic acids is 1. The van der Waals surface area contributed by atoms with Crippen LogP contribution in [0.1, 0.15) is 51.9 Å². The number of carbonyl (C=O) groups is 2. The number of rotatable bonds is 7. The Kier molecular flexibility index (Phi) is 6.87. The van der Waals surface area contributed by atoms with E-state index in [4.69, 9.17) is 14.6 Å². The number of nitrogens with one attached hydrogen (secondary N) is 1. The second-order valence-corrected chi connectivity index (χ2v) is 7.94. The van der Waals surface area contributed by atoms with Gasteiger partial charge in [-0.15, -0.1) is 11.3 Å². The number of hydrogen-bond acceptors (Lipinski definition) is 6. The Hall–Kier alpha value is -2.87. The number of thiophene rings is 1. The summed E-state index contributed by atoms with van der Waals surface area (Å²) in [7, 11) is 1.47. The Morgan fingerprint density at radius 3 is 2.72 bits per heavy atom. The summed E-state index contributed by atoms with van der Waals surface area (Å²) in [6.07, 6.45) is 5.69. The number of nitrogens with zero attached hydrogens (tertiary/aromatic N) is 1. The summed E-state index contributed by atoms with van der Waals surface area (Å²) in [6.45, 7) is 1.32. The van der Waals surface area contributed by atoms with Crippen molar-refractivity contribution in [3.63, 3.8) is 0 Å². The smallest absolute Gasteiger partial charge is 0.341 e. The number of hydrazone groups is 1. The summed E-state index contributed by atoms with van der Waals surface area (Å²) in [6, 6.07) is 7.03. The molecule has 0 saturated carbocycles. The highest BCUT2D eigenvalue weighted by molar-refractivity contribution is 7.14. The minimum atomic E-state index is -1.07. The molecule has 1 aliphatic carbocycles. The van der Waals surface area contributed by atoms with E-state index in [1.807, 2.05) is 6.07 Å². The lowest BCUT2D eigenvalue weighted by Gasteiger charge is -2.11. The molecule has 154 valence electrons. The third-order valence-corrected chi connectivity index (χ3v) is 5.96. The van der Waals surface area contributed by atoms with Gasteiger partial charge in [0.2, 0.25) is 0 Å². The van der Waals surface area contributed by atoms with E-state index in [0.717, 1.165) is 18.4 Å². The molecule has 1 heterocycles. The lowest BCUT2D eigenvalue weighted by molar-refractivity contribution is -0.139. The van der Waals surface area contributed by atoms with Crippen molar-refractivity contribution in [1.82, 2.24) is 5.43 Å². The highest BCUT2D eigenvalue weighted by Crippen LogP contribution is 2.29. The maximum absolute atomic E-state index is 12.5. The van der Waals surface area contributed by atoms with E-state index in [9.17, 15) is 9.59 Å². The summed E-state index contributed by atoms with van der Waals surface area (Å²) in [5, 5.41) is 12.9. The van der Waals surface area contributed by atoms with Crippen LogP contribution in [0.25, 0.3) is 0 Å². The van der Waals surface area contributed by atoms with Crippen molar-refractivity contribution >= 4 is 28.9 Å². The highest BCUT2D eigenvalue weighted by atomic mass is 32.1. The van der Waals surface area contributed by atoms with Crippen LogP contribution in [0.3, 0.4) is 0 Å². The second-order valence-electron chi connectivity index (χ2n) is 6.81. The largest absolute Gasteiger partial charge is 0.493 e. The molecule has 29 heavy (non-hydrogen) atoms. The number of aryl methyl sites for hydroxylation is 2. The fourth-order valence-corrected chi connectivity index (χ4v) is 4.33. The van der Waals surface area contributed by atoms with Gasteiger partial charge in [0, 0.05) is 10.4 Å². The van der Waals surface area contributed by atoms with Crippen molar-refractivity contribution in [3.05, 3.63) is 45.1 Å². The van der Waals surface area contributed by atoms with Gasteiger partial charge in [-0.3, -0.25) is 4.79 Å². The van der Waals surface area contributed by atoms with Crippen molar-refractivity contribution in [2.45, 2.75) is 39.0 Å². The molecule has 7 nitrogen and oxygen atoms in total. The molecule has 8 heteroatoms. The summed E-state index contributed by atoms with van der Waals surface area (Å²) in [4.78, 5) is 25.2. The Morgan fingerprint density at radius 1 is 1.17 bits per heavy atom. The molecule has 1 aliphatic rings. The quantitative estimate of drug-likeness (QED) is 0.408. The van der Waals surface area contributed by atoms with Gasteiger partial charge in [-0.25, -0.2) is 10.2 Å². The lowest BCUT2D eigenvalue weighted by atomic mass is 10.1. The van der Waals surface area contributed by atoms with E-state index in [0.29, 0.717) is 22.1 Å². The van der Waals surface area contributed by atoms with Crippen LogP contribution in [0.15, 0.2) is 29.4 Å². The first-order valence-electron chi connectivity index (χ1n) is 9.47. The fourth-order valence-electron chi connectivity index (χ4n) is 3.18. The molecule has 3 rings (SSSR count). The molecule has 0 spiro atoms. The first-order chi connectivity index (χ1) is 14.0. The second kappa shape index (κ2) is 9.56. The van der Waals surface area contributed by atoms with Crippen LogP contribution < -0.4 is 14.9 Å². The highest BCUT2D eigenvalue weighted by Gasteiger charge is 2.16. The van der Waals surface area contributed by atoms with Crippen LogP contribution in [0.5, 0.6) is 11.5 Å². The molecule has 0 fully saturated rings. The van der Waals surface area contributed by atoms with E-state index in [1.165, 1.54) is 36.8 Å². The van der Waals surface area contributed by atoms with Crippen molar-refractivity contribution in [2.75, 3.05) is 13.7 Å². The van der Waals surface area contributed by atoms with Crippen LogP contribution >= 0.6 is 11.3 Å². The maximum Gasteiger partial charge on any atom is 0.341 e. The summed E-state index contributed by atoms with van der Waals surface area (Å²) in [5.74, 6) is -0.555. The van der Waals surface area contributed by atoms with Gasteiger partial charge in [-0.05, 0) is 62.4 Å².